The molecule has 0 spiro atoms. The topological polar surface area (TPSA) is 32.5 Å². The number of anilines is 3. The summed E-state index contributed by atoms with van der Waals surface area (Å²) >= 11 is 0. The maximum Gasteiger partial charge on any atom is 0.0653 e. The summed E-state index contributed by atoms with van der Waals surface area (Å²) in [7, 11) is 0. The summed E-state index contributed by atoms with van der Waals surface area (Å²) in [6.07, 6.45) is 0. The molecule has 0 bridgehead atoms. The number of hydrogen-bond acceptors (Lipinski definition) is 3. The van der Waals surface area contributed by atoms with Gasteiger partial charge in [-0.05, 0) is 60.5 Å². The fraction of sp³-hybridized carbons (Fsp3) is 0.154. The van der Waals surface area contributed by atoms with Crippen LogP contribution in [0.3, 0.4) is 0 Å². The molecule has 29 heavy (non-hydrogen) atoms. The molecule has 0 fully saturated rings. The van der Waals surface area contributed by atoms with Crippen LogP contribution in [0.1, 0.15) is 13.8 Å². The van der Waals surface area contributed by atoms with E-state index < -0.39 is 0 Å². The molecule has 0 atom stereocenters. The number of fused-ring (bicyclic) bond motifs is 1. The van der Waals surface area contributed by atoms with Crippen molar-refractivity contribution in [1.29, 1.82) is 0 Å². The van der Waals surface area contributed by atoms with E-state index in [-0.39, 0.29) is 0 Å². The highest BCUT2D eigenvalue weighted by atomic mass is 15.4. The van der Waals surface area contributed by atoms with Crippen molar-refractivity contribution >= 4 is 27.8 Å². The van der Waals surface area contributed by atoms with Gasteiger partial charge in [0.05, 0.1) is 11.4 Å². The second-order valence-electron chi connectivity index (χ2n) is 7.10. The third-order valence-electron chi connectivity index (χ3n) is 5.50. The zero-order chi connectivity index (χ0) is 20.2. The number of hydrogen-bond donors (Lipinski definition) is 1. The van der Waals surface area contributed by atoms with Gasteiger partial charge in [-0.3, -0.25) is 5.01 Å². The third kappa shape index (κ3) is 3.69. The SMILES string of the molecule is CCN(CC)c1ccc(N(N)c2ccccc2-c2cccc3ccccc23)cc1. The molecule has 0 heterocycles. The van der Waals surface area contributed by atoms with Gasteiger partial charge in [-0.1, -0.05) is 60.7 Å². The number of benzene rings is 4. The fourth-order valence-corrected chi connectivity index (χ4v) is 3.92. The first-order valence-electron chi connectivity index (χ1n) is 10.2. The number of nitrogens with two attached hydrogens (primary N) is 1. The van der Waals surface area contributed by atoms with Gasteiger partial charge in [-0.2, -0.15) is 0 Å². The maximum absolute atomic E-state index is 6.61. The van der Waals surface area contributed by atoms with Crippen LogP contribution in [0.4, 0.5) is 17.1 Å². The van der Waals surface area contributed by atoms with E-state index in [1.165, 1.54) is 22.0 Å². The van der Waals surface area contributed by atoms with Crippen molar-refractivity contribution < 1.29 is 0 Å². The molecule has 0 aliphatic rings. The van der Waals surface area contributed by atoms with E-state index in [1.807, 2.05) is 6.07 Å². The fourth-order valence-electron chi connectivity index (χ4n) is 3.92. The highest BCUT2D eigenvalue weighted by Gasteiger charge is 2.13. The maximum atomic E-state index is 6.61. The molecule has 0 aliphatic carbocycles. The van der Waals surface area contributed by atoms with E-state index in [4.69, 9.17) is 5.84 Å². The lowest BCUT2D eigenvalue weighted by molar-refractivity contribution is 0.866. The third-order valence-corrected chi connectivity index (χ3v) is 5.50. The van der Waals surface area contributed by atoms with Crippen molar-refractivity contribution in [3.63, 3.8) is 0 Å². The molecule has 0 amide bonds. The summed E-state index contributed by atoms with van der Waals surface area (Å²) in [6.45, 7) is 6.33. The molecule has 0 aliphatic heterocycles. The summed E-state index contributed by atoms with van der Waals surface area (Å²) in [5, 5.41) is 4.24. The Morgan fingerprint density at radius 3 is 1.97 bits per heavy atom. The Hall–Kier alpha value is -3.30. The van der Waals surface area contributed by atoms with Crippen LogP contribution in [0.5, 0.6) is 0 Å². The molecule has 0 saturated heterocycles. The average molecular weight is 382 g/mol. The van der Waals surface area contributed by atoms with Gasteiger partial charge in [0.2, 0.25) is 0 Å². The van der Waals surface area contributed by atoms with Crippen molar-refractivity contribution in [2.75, 3.05) is 23.0 Å². The minimum Gasteiger partial charge on any atom is -0.372 e. The van der Waals surface area contributed by atoms with Crippen LogP contribution in [0.15, 0.2) is 91.0 Å². The minimum absolute atomic E-state index is 0.966. The lowest BCUT2D eigenvalue weighted by Crippen LogP contribution is -2.26. The standard InChI is InChI=1S/C26H27N3/c1-3-28(4-2)21-16-18-22(19-17-21)29(27)26-15-8-7-13-25(26)24-14-9-11-20-10-5-6-12-23(20)24/h5-19H,3-4,27H2,1-2H3. The number of para-hydroxylation sites is 1. The Morgan fingerprint density at radius 2 is 1.21 bits per heavy atom. The van der Waals surface area contributed by atoms with Crippen molar-refractivity contribution in [3.8, 4) is 11.1 Å². The summed E-state index contributed by atoms with van der Waals surface area (Å²) in [4.78, 5) is 2.33. The van der Waals surface area contributed by atoms with Gasteiger partial charge in [0.25, 0.3) is 0 Å². The first-order valence-corrected chi connectivity index (χ1v) is 10.2. The van der Waals surface area contributed by atoms with Crippen LogP contribution >= 0.6 is 0 Å². The molecular formula is C26H27N3. The van der Waals surface area contributed by atoms with Crippen molar-refractivity contribution in [3.05, 3.63) is 91.0 Å². The molecule has 0 saturated carbocycles. The van der Waals surface area contributed by atoms with Crippen LogP contribution < -0.4 is 15.8 Å². The van der Waals surface area contributed by atoms with E-state index in [9.17, 15) is 0 Å². The molecule has 4 aromatic rings. The van der Waals surface area contributed by atoms with E-state index in [0.717, 1.165) is 30.0 Å². The van der Waals surface area contributed by atoms with E-state index >= 15 is 0 Å². The van der Waals surface area contributed by atoms with Crippen molar-refractivity contribution in [2.24, 2.45) is 5.84 Å². The van der Waals surface area contributed by atoms with Crippen LogP contribution in [0.2, 0.25) is 0 Å². The first-order chi connectivity index (χ1) is 14.2. The predicted molar refractivity (Wildman–Crippen MR) is 126 cm³/mol. The van der Waals surface area contributed by atoms with Gasteiger partial charge < -0.3 is 4.90 Å². The van der Waals surface area contributed by atoms with Crippen molar-refractivity contribution in [2.45, 2.75) is 13.8 Å². The molecule has 0 unspecified atom stereocenters. The van der Waals surface area contributed by atoms with Gasteiger partial charge in [0.1, 0.15) is 0 Å². The monoisotopic (exact) mass is 381 g/mol. The minimum atomic E-state index is 0.966. The quantitative estimate of drug-likeness (QED) is 0.311. The summed E-state index contributed by atoms with van der Waals surface area (Å²) < 4.78 is 0. The molecule has 4 aromatic carbocycles. The van der Waals surface area contributed by atoms with Crippen LogP contribution in [0, 0.1) is 0 Å². The number of nitrogens with zero attached hydrogens (tertiary/aromatic N) is 2. The number of hydrazine groups is 1. The van der Waals surface area contributed by atoms with E-state index in [1.54, 1.807) is 5.01 Å². The lowest BCUT2D eigenvalue weighted by atomic mass is 9.97. The molecule has 3 heteroatoms. The summed E-state index contributed by atoms with van der Waals surface area (Å²) in [5.74, 6) is 6.61. The molecule has 0 radical (unpaired) electrons. The molecular weight excluding hydrogens is 354 g/mol. The summed E-state index contributed by atoms with van der Waals surface area (Å²) in [6, 6.07) is 31.7. The van der Waals surface area contributed by atoms with Gasteiger partial charge in [0, 0.05) is 24.3 Å². The van der Waals surface area contributed by atoms with Gasteiger partial charge in [-0.15, -0.1) is 0 Å². The zero-order valence-corrected chi connectivity index (χ0v) is 17.0. The Labute approximate surface area is 173 Å². The largest absolute Gasteiger partial charge is 0.372 e. The highest BCUT2D eigenvalue weighted by molar-refractivity contribution is 6.00. The summed E-state index contributed by atoms with van der Waals surface area (Å²) in [5.41, 5.74) is 5.48. The Balaban J connectivity index is 1.75. The smallest absolute Gasteiger partial charge is 0.0653 e. The van der Waals surface area contributed by atoms with E-state index in [2.05, 4.69) is 104 Å². The molecule has 0 aromatic heterocycles. The first kappa shape index (κ1) is 19.0. The Morgan fingerprint density at radius 1 is 0.621 bits per heavy atom. The Bertz CT molecular complexity index is 1090. The number of rotatable bonds is 6. The van der Waals surface area contributed by atoms with Gasteiger partial charge in [-0.25, -0.2) is 5.84 Å². The van der Waals surface area contributed by atoms with Crippen LogP contribution in [-0.4, -0.2) is 13.1 Å². The molecule has 146 valence electrons. The average Bonchev–Trinajstić information content (AvgIpc) is 2.79. The van der Waals surface area contributed by atoms with Gasteiger partial charge in [0.15, 0.2) is 0 Å². The van der Waals surface area contributed by atoms with Gasteiger partial charge >= 0.3 is 0 Å². The van der Waals surface area contributed by atoms with Crippen LogP contribution in [-0.2, 0) is 0 Å². The zero-order valence-electron chi connectivity index (χ0n) is 17.0. The second kappa shape index (κ2) is 8.38. The molecule has 3 nitrogen and oxygen atoms in total. The molecule has 4 rings (SSSR count). The lowest BCUT2D eigenvalue weighted by Gasteiger charge is -2.25. The normalized spacial score (nSPS) is 10.9. The Kier molecular flexibility index (Phi) is 5.50. The van der Waals surface area contributed by atoms with Crippen molar-refractivity contribution in [1.82, 2.24) is 0 Å². The molecule has 2 N–H and O–H groups in total. The highest BCUT2D eigenvalue weighted by Crippen LogP contribution is 2.37. The second-order valence-corrected chi connectivity index (χ2v) is 7.10. The predicted octanol–water partition coefficient (Wildman–Crippen LogP) is 6.36. The van der Waals surface area contributed by atoms with Crippen LogP contribution in [0.25, 0.3) is 21.9 Å². The van der Waals surface area contributed by atoms with E-state index in [0.29, 0.717) is 0 Å².